The fraction of sp³-hybridized carbons (Fsp3) is 0.500. The number of imide groups is 1. The van der Waals surface area contributed by atoms with Crippen molar-refractivity contribution in [2.24, 2.45) is 5.92 Å². The minimum Gasteiger partial charge on any atom is -0.317 e. The molecule has 4 rings (SSSR count). The van der Waals surface area contributed by atoms with Gasteiger partial charge in [-0.15, -0.1) is 0 Å². The van der Waals surface area contributed by atoms with E-state index < -0.39 is 0 Å². The van der Waals surface area contributed by atoms with Crippen LogP contribution in [0.15, 0.2) is 24.5 Å². The van der Waals surface area contributed by atoms with E-state index in [4.69, 9.17) is 0 Å². The molecule has 0 radical (unpaired) electrons. The molecule has 132 valence electrons. The van der Waals surface area contributed by atoms with Gasteiger partial charge in [-0.3, -0.25) is 19.4 Å². The van der Waals surface area contributed by atoms with E-state index in [2.05, 4.69) is 21.7 Å². The zero-order chi connectivity index (χ0) is 17.2. The summed E-state index contributed by atoms with van der Waals surface area (Å²) in [6, 6.07) is 3.74. The molecule has 4 heterocycles. The first kappa shape index (κ1) is 16.1. The minimum atomic E-state index is -0.377. The molecule has 0 aromatic carbocycles. The zero-order valence-corrected chi connectivity index (χ0v) is 14.2. The quantitative estimate of drug-likeness (QED) is 0.887. The maximum absolute atomic E-state index is 12.1. The van der Waals surface area contributed by atoms with Crippen LogP contribution >= 0.6 is 0 Å². The molecule has 0 saturated carbocycles. The molecule has 3 amide bonds. The van der Waals surface area contributed by atoms with Gasteiger partial charge in [0.05, 0.1) is 6.20 Å². The SMILES string of the molecule is O=C1CCN(c2cnc3c(CCC4CCNCC4)cccn23)C(=O)N1. The molecular weight excluding hydrogens is 318 g/mol. The molecule has 0 atom stereocenters. The van der Waals surface area contributed by atoms with Gasteiger partial charge >= 0.3 is 6.03 Å². The Morgan fingerprint density at radius 3 is 2.88 bits per heavy atom. The van der Waals surface area contributed by atoms with E-state index in [9.17, 15) is 9.59 Å². The molecule has 2 aromatic rings. The average Bonchev–Trinajstić information content (AvgIpc) is 3.05. The number of nitrogens with zero attached hydrogens (tertiary/aromatic N) is 3. The summed E-state index contributed by atoms with van der Waals surface area (Å²) in [5, 5.41) is 5.77. The molecule has 0 unspecified atom stereocenters. The van der Waals surface area contributed by atoms with E-state index in [-0.39, 0.29) is 11.9 Å². The molecule has 7 heteroatoms. The Bertz CT molecular complexity index is 794. The van der Waals surface area contributed by atoms with Crippen molar-refractivity contribution in [3.05, 3.63) is 30.1 Å². The summed E-state index contributed by atoms with van der Waals surface area (Å²) in [5.74, 6) is 1.26. The highest BCUT2D eigenvalue weighted by Crippen LogP contribution is 2.24. The van der Waals surface area contributed by atoms with Gasteiger partial charge in [-0.25, -0.2) is 9.78 Å². The van der Waals surface area contributed by atoms with E-state index >= 15 is 0 Å². The maximum atomic E-state index is 12.1. The number of aromatic nitrogens is 2. The lowest BCUT2D eigenvalue weighted by Crippen LogP contribution is -2.50. The summed E-state index contributed by atoms with van der Waals surface area (Å²) in [6.07, 6.45) is 8.61. The largest absolute Gasteiger partial charge is 0.329 e. The number of carbonyl (C=O) groups is 2. The van der Waals surface area contributed by atoms with E-state index in [1.54, 1.807) is 11.1 Å². The van der Waals surface area contributed by atoms with Crippen molar-refractivity contribution in [1.82, 2.24) is 20.0 Å². The number of hydrogen-bond acceptors (Lipinski definition) is 4. The number of fused-ring (bicyclic) bond motifs is 1. The minimum absolute atomic E-state index is 0.224. The van der Waals surface area contributed by atoms with Gasteiger partial charge in [0.15, 0.2) is 0 Å². The third-order valence-corrected chi connectivity index (χ3v) is 5.21. The number of imidazole rings is 1. The standard InChI is InChI=1S/C18H23N5O2/c24-15-7-11-23(18(25)21-15)16-12-20-17-14(2-1-10-22(16)17)4-3-13-5-8-19-9-6-13/h1-2,10,12-13,19H,3-9,11H2,(H,21,24,25). The van der Waals surface area contributed by atoms with Crippen LogP contribution in [0.25, 0.3) is 5.65 Å². The number of piperidine rings is 1. The molecule has 2 aliphatic heterocycles. The number of amides is 3. The lowest BCUT2D eigenvalue weighted by Gasteiger charge is -2.25. The van der Waals surface area contributed by atoms with Crippen molar-refractivity contribution >= 4 is 23.4 Å². The summed E-state index contributed by atoms with van der Waals surface area (Å²) in [6.45, 7) is 2.62. The van der Waals surface area contributed by atoms with E-state index in [1.165, 1.54) is 24.8 Å². The van der Waals surface area contributed by atoms with Gasteiger partial charge < -0.3 is 5.32 Å². The van der Waals surface area contributed by atoms with Crippen molar-refractivity contribution in [2.75, 3.05) is 24.5 Å². The highest BCUT2D eigenvalue weighted by molar-refractivity contribution is 6.05. The molecule has 2 aliphatic rings. The van der Waals surface area contributed by atoms with Crippen molar-refractivity contribution in [3.63, 3.8) is 0 Å². The lowest BCUT2D eigenvalue weighted by atomic mass is 9.91. The maximum Gasteiger partial charge on any atom is 0.329 e. The summed E-state index contributed by atoms with van der Waals surface area (Å²) in [5.41, 5.74) is 2.11. The Kier molecular flexibility index (Phi) is 4.40. The number of anilines is 1. The normalized spacial score (nSPS) is 19.4. The summed E-state index contributed by atoms with van der Waals surface area (Å²) in [7, 11) is 0. The molecule has 2 saturated heterocycles. The molecule has 7 nitrogen and oxygen atoms in total. The van der Waals surface area contributed by atoms with Crippen LogP contribution in [0.1, 0.15) is 31.2 Å². The van der Waals surface area contributed by atoms with Crippen molar-refractivity contribution in [2.45, 2.75) is 32.1 Å². The van der Waals surface area contributed by atoms with Crippen LogP contribution in [0.2, 0.25) is 0 Å². The smallest absolute Gasteiger partial charge is 0.317 e. The summed E-state index contributed by atoms with van der Waals surface area (Å²) >= 11 is 0. The predicted molar refractivity (Wildman–Crippen MR) is 94.6 cm³/mol. The third kappa shape index (κ3) is 3.24. The number of urea groups is 1. The molecule has 2 aromatic heterocycles. The third-order valence-electron chi connectivity index (χ3n) is 5.21. The highest BCUT2D eigenvalue weighted by Gasteiger charge is 2.26. The van der Waals surface area contributed by atoms with Gasteiger partial charge in [0.1, 0.15) is 11.5 Å². The number of nitrogens with one attached hydrogen (secondary N) is 2. The van der Waals surface area contributed by atoms with Crippen LogP contribution < -0.4 is 15.5 Å². The first-order valence-electron chi connectivity index (χ1n) is 8.99. The summed E-state index contributed by atoms with van der Waals surface area (Å²) < 4.78 is 1.95. The number of hydrogen-bond donors (Lipinski definition) is 2. The topological polar surface area (TPSA) is 78.7 Å². The molecule has 2 N–H and O–H groups in total. The molecule has 25 heavy (non-hydrogen) atoms. The summed E-state index contributed by atoms with van der Waals surface area (Å²) in [4.78, 5) is 29.6. The highest BCUT2D eigenvalue weighted by atomic mass is 16.2. The van der Waals surface area contributed by atoms with Gasteiger partial charge in [0, 0.05) is 19.2 Å². The Morgan fingerprint density at radius 2 is 2.08 bits per heavy atom. The lowest BCUT2D eigenvalue weighted by molar-refractivity contribution is -0.120. The molecular formula is C18H23N5O2. The predicted octanol–water partition coefficient (Wildman–Crippen LogP) is 1.71. The van der Waals surface area contributed by atoms with Crippen LogP contribution in [0.4, 0.5) is 10.6 Å². The number of pyridine rings is 1. The van der Waals surface area contributed by atoms with Crippen LogP contribution in [0.3, 0.4) is 0 Å². The Labute approximate surface area is 146 Å². The van der Waals surface area contributed by atoms with Crippen molar-refractivity contribution in [3.8, 4) is 0 Å². The van der Waals surface area contributed by atoms with Crippen LogP contribution in [0.5, 0.6) is 0 Å². The van der Waals surface area contributed by atoms with E-state index in [0.717, 1.165) is 31.1 Å². The van der Waals surface area contributed by atoms with Gasteiger partial charge in [0.2, 0.25) is 5.91 Å². The zero-order valence-electron chi connectivity index (χ0n) is 14.2. The fourth-order valence-electron chi connectivity index (χ4n) is 3.76. The second-order valence-corrected chi connectivity index (χ2v) is 6.83. The van der Waals surface area contributed by atoms with Crippen molar-refractivity contribution in [1.29, 1.82) is 0 Å². The number of rotatable bonds is 4. The van der Waals surface area contributed by atoms with E-state index in [0.29, 0.717) is 18.8 Å². The van der Waals surface area contributed by atoms with Crippen molar-refractivity contribution < 1.29 is 9.59 Å². The van der Waals surface area contributed by atoms with Gasteiger partial charge in [-0.2, -0.15) is 0 Å². The second kappa shape index (κ2) is 6.84. The van der Waals surface area contributed by atoms with Crippen LogP contribution in [-0.2, 0) is 11.2 Å². The van der Waals surface area contributed by atoms with Crippen LogP contribution in [-0.4, -0.2) is 41.0 Å². The molecule has 0 aliphatic carbocycles. The van der Waals surface area contributed by atoms with Crippen LogP contribution in [0, 0.1) is 5.92 Å². The Balaban J connectivity index is 1.55. The fourth-order valence-corrected chi connectivity index (χ4v) is 3.76. The van der Waals surface area contributed by atoms with E-state index in [1.807, 2.05) is 16.7 Å². The molecule has 2 fully saturated rings. The monoisotopic (exact) mass is 341 g/mol. The first-order chi connectivity index (χ1) is 12.2. The number of aryl methyl sites for hydroxylation is 1. The second-order valence-electron chi connectivity index (χ2n) is 6.83. The average molecular weight is 341 g/mol. The number of carbonyl (C=O) groups excluding carboxylic acids is 2. The molecule has 0 spiro atoms. The Hall–Kier alpha value is -2.41. The Morgan fingerprint density at radius 1 is 1.24 bits per heavy atom. The molecule has 0 bridgehead atoms. The first-order valence-corrected chi connectivity index (χ1v) is 8.99. The van der Waals surface area contributed by atoms with Gasteiger partial charge in [-0.1, -0.05) is 6.07 Å². The van der Waals surface area contributed by atoms with Gasteiger partial charge in [0.25, 0.3) is 0 Å². The van der Waals surface area contributed by atoms with Gasteiger partial charge in [-0.05, 0) is 56.3 Å².